The molecule has 0 heterocycles. The summed E-state index contributed by atoms with van der Waals surface area (Å²) in [6, 6.07) is 6.60. The Kier molecular flexibility index (Phi) is 5.25. The zero-order valence-corrected chi connectivity index (χ0v) is 16.3. The Morgan fingerprint density at radius 2 is 1.52 bits per heavy atom. The van der Waals surface area contributed by atoms with Gasteiger partial charge in [0, 0.05) is 5.92 Å². The average Bonchev–Trinajstić information content (AvgIpc) is 2.65. The lowest BCUT2D eigenvalue weighted by atomic mass is 9.48. The fourth-order valence-corrected chi connectivity index (χ4v) is 6.24. The summed E-state index contributed by atoms with van der Waals surface area (Å²) >= 11 is 0. The molecule has 4 nitrogen and oxygen atoms in total. The third kappa shape index (κ3) is 4.13. The Morgan fingerprint density at radius 3 is 2.03 bits per heavy atom. The van der Waals surface area contributed by atoms with Crippen LogP contribution in [0.15, 0.2) is 30.3 Å². The fourth-order valence-electron chi connectivity index (χ4n) is 6.24. The average molecular weight is 449 g/mol. The number of carbonyl (C=O) groups is 2. The fraction of sp³-hybridized carbons (Fsp3) is 0.619. The van der Waals surface area contributed by atoms with Gasteiger partial charge < -0.3 is 10.1 Å². The first kappa shape index (κ1) is 22.0. The number of benzene rings is 1. The lowest BCUT2D eigenvalue weighted by Crippen LogP contribution is -2.63. The van der Waals surface area contributed by atoms with Crippen LogP contribution in [0, 0.1) is 23.7 Å². The van der Waals surface area contributed by atoms with Gasteiger partial charge in [-0.1, -0.05) is 30.3 Å². The normalized spacial score (nSPS) is 33.1. The summed E-state index contributed by atoms with van der Waals surface area (Å²) in [5.41, 5.74) is -1.24. The van der Waals surface area contributed by atoms with E-state index in [4.69, 9.17) is 4.74 Å². The first-order chi connectivity index (χ1) is 14.4. The van der Waals surface area contributed by atoms with Crippen molar-refractivity contribution >= 4 is 11.9 Å². The highest BCUT2D eigenvalue weighted by Gasteiger charge is 2.63. The van der Waals surface area contributed by atoms with Crippen molar-refractivity contribution in [3.8, 4) is 0 Å². The molecule has 4 atom stereocenters. The monoisotopic (exact) mass is 449 g/mol. The number of hydrogen-bond acceptors (Lipinski definition) is 3. The Morgan fingerprint density at radius 1 is 0.935 bits per heavy atom. The van der Waals surface area contributed by atoms with Crippen molar-refractivity contribution in [1.82, 2.24) is 5.32 Å². The molecule has 1 N–H and O–H groups in total. The number of rotatable bonds is 4. The highest BCUT2D eigenvalue weighted by Crippen LogP contribution is 2.63. The van der Waals surface area contributed by atoms with E-state index in [2.05, 4.69) is 0 Å². The predicted molar refractivity (Wildman–Crippen MR) is 95.3 cm³/mol. The van der Waals surface area contributed by atoms with E-state index in [1.54, 1.807) is 18.2 Å². The van der Waals surface area contributed by atoms with Crippen LogP contribution in [-0.4, -0.2) is 29.8 Å². The van der Waals surface area contributed by atoms with Gasteiger partial charge in [0.25, 0.3) is 0 Å². The van der Waals surface area contributed by atoms with E-state index in [9.17, 15) is 35.9 Å². The van der Waals surface area contributed by atoms with Crippen molar-refractivity contribution in [2.24, 2.45) is 23.7 Å². The molecule has 3 unspecified atom stereocenters. The van der Waals surface area contributed by atoms with Gasteiger partial charge in [-0.15, -0.1) is 0 Å². The number of alkyl halides is 6. The van der Waals surface area contributed by atoms with Crippen molar-refractivity contribution in [3.05, 3.63) is 35.9 Å². The first-order valence-corrected chi connectivity index (χ1v) is 10.1. The lowest BCUT2D eigenvalue weighted by Gasteiger charge is -2.61. The van der Waals surface area contributed by atoms with Crippen LogP contribution >= 0.6 is 0 Å². The van der Waals surface area contributed by atoms with E-state index in [0.29, 0.717) is 18.4 Å². The summed E-state index contributed by atoms with van der Waals surface area (Å²) in [5, 5.41) is 2.00. The molecule has 0 radical (unpaired) electrons. The summed E-state index contributed by atoms with van der Waals surface area (Å²) in [6.45, 7) is 0. The summed E-state index contributed by atoms with van der Waals surface area (Å²) in [7, 11) is 0. The quantitative estimate of drug-likeness (QED) is 0.535. The van der Waals surface area contributed by atoms with Crippen molar-refractivity contribution in [2.75, 3.05) is 0 Å². The first-order valence-electron chi connectivity index (χ1n) is 10.1. The number of hydrogen-bond donors (Lipinski definition) is 1. The van der Waals surface area contributed by atoms with Crippen LogP contribution < -0.4 is 5.32 Å². The van der Waals surface area contributed by atoms with Gasteiger partial charge in [0.05, 0.1) is 6.04 Å². The largest absolute Gasteiger partial charge is 0.490 e. The van der Waals surface area contributed by atoms with E-state index >= 15 is 0 Å². The summed E-state index contributed by atoms with van der Waals surface area (Å²) < 4.78 is 83.5. The predicted octanol–water partition coefficient (Wildman–Crippen LogP) is 4.71. The van der Waals surface area contributed by atoms with E-state index < -0.39 is 41.8 Å². The molecule has 0 aromatic heterocycles. The number of amides is 1. The van der Waals surface area contributed by atoms with Gasteiger partial charge in [-0.25, -0.2) is 4.79 Å². The van der Waals surface area contributed by atoms with Gasteiger partial charge in [0.1, 0.15) is 5.60 Å². The van der Waals surface area contributed by atoms with Crippen molar-refractivity contribution in [3.63, 3.8) is 0 Å². The number of nitrogens with one attached hydrogen (secondary N) is 1. The topological polar surface area (TPSA) is 55.4 Å². The lowest BCUT2D eigenvalue weighted by molar-refractivity contribution is -0.247. The molecule has 1 amide bonds. The van der Waals surface area contributed by atoms with Crippen molar-refractivity contribution in [1.29, 1.82) is 0 Å². The van der Waals surface area contributed by atoms with Crippen LogP contribution in [0.4, 0.5) is 26.3 Å². The molecule has 31 heavy (non-hydrogen) atoms. The molecule has 10 heteroatoms. The molecule has 4 aliphatic carbocycles. The summed E-state index contributed by atoms with van der Waals surface area (Å²) in [6.07, 6.45) is -8.02. The highest BCUT2D eigenvalue weighted by molar-refractivity contribution is 5.82. The molecule has 1 aromatic carbocycles. The van der Waals surface area contributed by atoms with Gasteiger partial charge in [-0.3, -0.25) is 4.79 Å². The highest BCUT2D eigenvalue weighted by atomic mass is 19.4. The maximum Gasteiger partial charge on any atom is 0.490 e. The number of ether oxygens (including phenoxy) is 1. The van der Waals surface area contributed by atoms with Crippen LogP contribution in [0.5, 0.6) is 0 Å². The Bertz CT molecular complexity index is 839. The summed E-state index contributed by atoms with van der Waals surface area (Å²) in [5.74, 6) is -5.57. The van der Waals surface area contributed by atoms with Crippen LogP contribution in [-0.2, 0) is 14.3 Å². The summed E-state index contributed by atoms with van der Waals surface area (Å²) in [4.78, 5) is 23.7. The van der Waals surface area contributed by atoms with Gasteiger partial charge in [0.2, 0.25) is 0 Å². The third-order valence-corrected chi connectivity index (χ3v) is 6.91. The Labute approximate surface area is 174 Å². The minimum absolute atomic E-state index is 0.0459. The van der Waals surface area contributed by atoms with Gasteiger partial charge in [-0.05, 0) is 55.4 Å². The minimum atomic E-state index is -5.22. The molecule has 4 saturated carbocycles. The van der Waals surface area contributed by atoms with E-state index in [0.717, 1.165) is 6.42 Å². The maximum atomic E-state index is 13.1. The number of esters is 1. The molecule has 5 rings (SSSR count). The Hall–Kier alpha value is -2.26. The van der Waals surface area contributed by atoms with Gasteiger partial charge >= 0.3 is 24.2 Å². The molecule has 0 saturated heterocycles. The number of carbonyl (C=O) groups excluding carboxylic acids is 2. The maximum absolute atomic E-state index is 13.1. The molecule has 170 valence electrons. The van der Waals surface area contributed by atoms with Crippen molar-refractivity contribution < 1.29 is 40.7 Å². The van der Waals surface area contributed by atoms with Crippen molar-refractivity contribution in [2.45, 2.75) is 56.1 Å². The standard InChI is InChI=1S/C21H21F6NO3/c22-20(23,24)17(29)28-16(13-4-2-1-3-5-13)15-14-7-11-6-12(8-14)10-19(15,9-11)31-18(30)21(25,26)27/h1-5,11-12,14-16H,6-10H2,(H,28,29)/t11?,12?,14?,15?,16-,19?/m0/s1. The van der Waals surface area contributed by atoms with Gasteiger partial charge in [-0.2, -0.15) is 26.3 Å². The van der Waals surface area contributed by atoms with E-state index in [-0.39, 0.29) is 30.6 Å². The Balaban J connectivity index is 1.76. The molecule has 0 spiro atoms. The van der Waals surface area contributed by atoms with Crippen LogP contribution in [0.2, 0.25) is 0 Å². The molecule has 4 aliphatic rings. The molecule has 4 fully saturated rings. The third-order valence-electron chi connectivity index (χ3n) is 6.91. The SMILES string of the molecule is O=C(N[C@@H](c1ccccc1)C1C2CC3CC(C2)CC1(OC(=O)C(F)(F)F)C3)C(F)(F)F. The second-order valence-corrected chi connectivity index (χ2v) is 8.94. The molecular weight excluding hydrogens is 428 g/mol. The van der Waals surface area contributed by atoms with Crippen LogP contribution in [0.3, 0.4) is 0 Å². The van der Waals surface area contributed by atoms with E-state index in [1.165, 1.54) is 12.1 Å². The molecule has 1 aromatic rings. The second kappa shape index (κ2) is 7.41. The second-order valence-electron chi connectivity index (χ2n) is 8.94. The molecular formula is C21H21F6NO3. The van der Waals surface area contributed by atoms with Crippen LogP contribution in [0.1, 0.15) is 43.7 Å². The van der Waals surface area contributed by atoms with E-state index in [1.807, 2.05) is 5.32 Å². The van der Waals surface area contributed by atoms with Gasteiger partial charge in [0.15, 0.2) is 0 Å². The smallest absolute Gasteiger partial charge is 0.452 e. The van der Waals surface area contributed by atoms with Crippen LogP contribution in [0.25, 0.3) is 0 Å². The number of halogens is 6. The minimum Gasteiger partial charge on any atom is -0.452 e. The molecule has 4 bridgehead atoms. The molecule has 0 aliphatic heterocycles. The zero-order chi connectivity index (χ0) is 22.6. The zero-order valence-electron chi connectivity index (χ0n) is 16.3.